The molecule has 0 aromatic heterocycles. The minimum atomic E-state index is -1.74. The van der Waals surface area contributed by atoms with Crippen LogP contribution in [0.25, 0.3) is 0 Å². The third-order valence-corrected chi connectivity index (χ3v) is 8.35. The summed E-state index contributed by atoms with van der Waals surface area (Å²) < 4.78 is 23.1. The first-order valence-corrected chi connectivity index (χ1v) is 14.6. The molecule has 0 heterocycles. The van der Waals surface area contributed by atoms with Crippen molar-refractivity contribution in [3.8, 4) is 0 Å². The number of aliphatic hydroxyl groups excluding tert-OH is 1. The average molecular weight is 601 g/mol. The standard InChI is InChI=1S/C33H44O10/c1-19-13-14-32(6,7)28(41-22(4)36)16-27(40-21(3)35)25(18-34)15-26-29(43-31(38)24-11-9-8-10-12-24)20(2)17-33(26,39)30(19)42-23(5)37/h8-15,19-20,26-30,34,39H,16-18H2,1-7H3/b14-13+,25-15?/t19-,20-,26-,27+,28+,29-,30-,33+/m0/s1. The molecule has 2 aliphatic rings. The van der Waals surface area contributed by atoms with Crippen molar-refractivity contribution in [3.63, 3.8) is 0 Å². The Kier molecular flexibility index (Phi) is 11.0. The number of aliphatic hydroxyl groups is 2. The van der Waals surface area contributed by atoms with Gasteiger partial charge in [-0.25, -0.2) is 4.79 Å². The number of rotatable bonds is 6. The zero-order valence-electron chi connectivity index (χ0n) is 25.9. The number of carbonyl (C=O) groups excluding carboxylic acids is 4. The van der Waals surface area contributed by atoms with Crippen molar-refractivity contribution in [2.24, 2.45) is 23.2 Å². The highest BCUT2D eigenvalue weighted by atomic mass is 16.6. The van der Waals surface area contributed by atoms with E-state index in [1.807, 2.05) is 26.8 Å². The summed E-state index contributed by atoms with van der Waals surface area (Å²) in [5.74, 6) is -4.27. The van der Waals surface area contributed by atoms with Crippen LogP contribution in [0.15, 0.2) is 54.1 Å². The van der Waals surface area contributed by atoms with Crippen molar-refractivity contribution in [2.75, 3.05) is 6.61 Å². The maximum Gasteiger partial charge on any atom is 0.338 e. The Morgan fingerprint density at radius 2 is 1.51 bits per heavy atom. The summed E-state index contributed by atoms with van der Waals surface area (Å²) in [5, 5.41) is 23.1. The van der Waals surface area contributed by atoms with Gasteiger partial charge in [0.1, 0.15) is 30.0 Å². The molecule has 0 radical (unpaired) electrons. The van der Waals surface area contributed by atoms with Crippen LogP contribution in [0.3, 0.4) is 0 Å². The van der Waals surface area contributed by atoms with Crippen molar-refractivity contribution in [3.05, 3.63) is 59.7 Å². The van der Waals surface area contributed by atoms with Gasteiger partial charge in [0, 0.05) is 44.4 Å². The van der Waals surface area contributed by atoms with Crippen LogP contribution in [0.4, 0.5) is 0 Å². The van der Waals surface area contributed by atoms with Gasteiger partial charge >= 0.3 is 23.9 Å². The van der Waals surface area contributed by atoms with Crippen LogP contribution in [0.5, 0.6) is 0 Å². The molecule has 8 atom stereocenters. The molecule has 236 valence electrons. The van der Waals surface area contributed by atoms with Gasteiger partial charge in [-0.05, 0) is 30.0 Å². The second-order valence-corrected chi connectivity index (χ2v) is 12.3. The molecule has 2 N–H and O–H groups in total. The van der Waals surface area contributed by atoms with Gasteiger partial charge in [-0.1, -0.05) is 64.1 Å². The smallest absolute Gasteiger partial charge is 0.338 e. The first kappa shape index (κ1) is 34.0. The Balaban J connectivity index is 2.25. The summed E-state index contributed by atoms with van der Waals surface area (Å²) in [6.07, 6.45) is 1.49. The van der Waals surface area contributed by atoms with Gasteiger partial charge < -0.3 is 29.2 Å². The average Bonchev–Trinajstić information content (AvgIpc) is 3.16. The summed E-state index contributed by atoms with van der Waals surface area (Å²) in [6.45, 7) is 10.5. The maximum absolute atomic E-state index is 13.2. The fourth-order valence-corrected chi connectivity index (χ4v) is 6.22. The minimum absolute atomic E-state index is 0.0137. The molecule has 0 spiro atoms. The maximum atomic E-state index is 13.2. The van der Waals surface area contributed by atoms with Crippen LogP contribution in [-0.4, -0.2) is 70.7 Å². The predicted molar refractivity (Wildman–Crippen MR) is 156 cm³/mol. The van der Waals surface area contributed by atoms with E-state index in [2.05, 4.69) is 0 Å². The van der Waals surface area contributed by atoms with Crippen molar-refractivity contribution >= 4 is 23.9 Å². The normalized spacial score (nSPS) is 33.0. The highest BCUT2D eigenvalue weighted by Crippen LogP contribution is 2.49. The topological polar surface area (TPSA) is 146 Å². The predicted octanol–water partition coefficient (Wildman–Crippen LogP) is 3.94. The number of hydrogen-bond donors (Lipinski definition) is 2. The monoisotopic (exact) mass is 600 g/mol. The summed E-state index contributed by atoms with van der Waals surface area (Å²) in [6, 6.07) is 8.42. The summed E-state index contributed by atoms with van der Waals surface area (Å²) in [4.78, 5) is 49.9. The molecular weight excluding hydrogens is 556 g/mol. The number of fused-ring (bicyclic) bond motifs is 1. The Bertz CT molecular complexity index is 1240. The third kappa shape index (κ3) is 8.12. The first-order chi connectivity index (χ1) is 20.1. The summed E-state index contributed by atoms with van der Waals surface area (Å²) in [7, 11) is 0. The number of hydrogen-bond acceptors (Lipinski definition) is 10. The molecule has 0 saturated heterocycles. The molecule has 2 aliphatic carbocycles. The summed E-state index contributed by atoms with van der Waals surface area (Å²) in [5.41, 5.74) is -1.99. The van der Waals surface area contributed by atoms with Crippen LogP contribution in [0.1, 0.15) is 71.7 Å². The zero-order valence-corrected chi connectivity index (χ0v) is 25.9. The second kappa shape index (κ2) is 13.9. The highest BCUT2D eigenvalue weighted by molar-refractivity contribution is 5.89. The molecule has 10 heteroatoms. The lowest BCUT2D eigenvalue weighted by molar-refractivity contribution is -0.173. The van der Waals surface area contributed by atoms with E-state index < -0.39 is 83.7 Å². The van der Waals surface area contributed by atoms with E-state index in [1.54, 1.807) is 49.4 Å². The first-order valence-electron chi connectivity index (χ1n) is 14.6. The van der Waals surface area contributed by atoms with E-state index in [-0.39, 0.29) is 18.4 Å². The number of ether oxygens (including phenoxy) is 4. The molecule has 0 unspecified atom stereocenters. The Labute approximate surface area is 253 Å². The van der Waals surface area contributed by atoms with E-state index in [9.17, 15) is 29.4 Å². The lowest BCUT2D eigenvalue weighted by atomic mass is 9.75. The lowest BCUT2D eigenvalue weighted by Crippen LogP contribution is -2.52. The van der Waals surface area contributed by atoms with Gasteiger partial charge in [-0.15, -0.1) is 0 Å². The zero-order chi connectivity index (χ0) is 32.1. The second-order valence-electron chi connectivity index (χ2n) is 12.3. The molecule has 0 amide bonds. The van der Waals surface area contributed by atoms with Crippen LogP contribution in [-0.2, 0) is 33.3 Å². The molecule has 1 saturated carbocycles. The van der Waals surface area contributed by atoms with Gasteiger partial charge in [0.05, 0.1) is 12.2 Å². The largest absolute Gasteiger partial charge is 0.461 e. The summed E-state index contributed by atoms with van der Waals surface area (Å²) >= 11 is 0. The van der Waals surface area contributed by atoms with E-state index in [0.717, 1.165) is 0 Å². The van der Waals surface area contributed by atoms with Crippen LogP contribution in [0.2, 0.25) is 0 Å². The van der Waals surface area contributed by atoms with Gasteiger partial charge in [0.25, 0.3) is 0 Å². The van der Waals surface area contributed by atoms with Gasteiger partial charge in [-0.3, -0.25) is 14.4 Å². The Morgan fingerprint density at radius 1 is 0.907 bits per heavy atom. The van der Waals surface area contributed by atoms with Crippen molar-refractivity contribution in [1.82, 2.24) is 0 Å². The molecule has 1 aromatic rings. The number of esters is 4. The minimum Gasteiger partial charge on any atom is -0.461 e. The van der Waals surface area contributed by atoms with E-state index in [4.69, 9.17) is 18.9 Å². The molecular formula is C33H44O10. The molecule has 10 nitrogen and oxygen atoms in total. The third-order valence-electron chi connectivity index (χ3n) is 8.35. The Hall–Kier alpha value is -3.50. The van der Waals surface area contributed by atoms with Gasteiger partial charge in [0.15, 0.2) is 0 Å². The van der Waals surface area contributed by atoms with Crippen molar-refractivity contribution < 1.29 is 48.3 Å². The molecule has 0 aliphatic heterocycles. The molecule has 43 heavy (non-hydrogen) atoms. The van der Waals surface area contributed by atoms with E-state index >= 15 is 0 Å². The SMILES string of the molecule is CC(=O)O[C@@H]1C[C@@H](OC(C)=O)C(C)(C)/C=C/[C@H](C)[C@H](OC(C)=O)[C@@]2(O)C[C@H](C)[C@H](OC(=O)c3ccccc3)[C@@H]2C=C1CO. The van der Waals surface area contributed by atoms with Crippen LogP contribution in [0, 0.1) is 23.2 Å². The van der Waals surface area contributed by atoms with Crippen molar-refractivity contribution in [1.29, 1.82) is 0 Å². The quantitative estimate of drug-likeness (QED) is 0.280. The highest BCUT2D eigenvalue weighted by Gasteiger charge is 2.58. The molecule has 1 fully saturated rings. The number of benzene rings is 1. The van der Waals surface area contributed by atoms with E-state index in [0.29, 0.717) is 5.56 Å². The fraction of sp³-hybridized carbons (Fsp3) is 0.576. The van der Waals surface area contributed by atoms with Gasteiger partial charge in [0.2, 0.25) is 0 Å². The fourth-order valence-electron chi connectivity index (χ4n) is 6.22. The van der Waals surface area contributed by atoms with Gasteiger partial charge in [-0.2, -0.15) is 0 Å². The van der Waals surface area contributed by atoms with Crippen molar-refractivity contribution in [2.45, 2.75) is 91.3 Å². The van der Waals surface area contributed by atoms with E-state index in [1.165, 1.54) is 20.8 Å². The number of carbonyl (C=O) groups is 4. The molecule has 3 rings (SSSR count). The lowest BCUT2D eigenvalue weighted by Gasteiger charge is -2.41. The molecule has 1 aromatic carbocycles. The van der Waals surface area contributed by atoms with Crippen LogP contribution < -0.4 is 0 Å². The van der Waals surface area contributed by atoms with Crippen LogP contribution >= 0.6 is 0 Å². The molecule has 0 bridgehead atoms. The Morgan fingerprint density at radius 3 is 2.07 bits per heavy atom.